The largest absolute Gasteiger partial charge is 0.378 e. The SMILES string of the molecule is CC1(C)C(=O)NCCN1C(=O)CC1CCCO1. The van der Waals surface area contributed by atoms with Crippen LogP contribution in [0.4, 0.5) is 0 Å². The van der Waals surface area contributed by atoms with Crippen LogP contribution in [0.2, 0.25) is 0 Å². The fourth-order valence-corrected chi connectivity index (χ4v) is 2.45. The molecule has 2 rings (SSSR count). The first kappa shape index (κ1) is 12.4. The van der Waals surface area contributed by atoms with E-state index in [1.165, 1.54) is 0 Å². The number of nitrogens with one attached hydrogen (secondary N) is 1. The summed E-state index contributed by atoms with van der Waals surface area (Å²) in [5, 5.41) is 2.79. The Kier molecular flexibility index (Phi) is 3.38. The summed E-state index contributed by atoms with van der Waals surface area (Å²) in [7, 11) is 0. The Labute approximate surface area is 101 Å². The van der Waals surface area contributed by atoms with Crippen molar-refractivity contribution in [3.05, 3.63) is 0 Å². The maximum Gasteiger partial charge on any atom is 0.245 e. The molecule has 0 aromatic carbocycles. The van der Waals surface area contributed by atoms with Crippen molar-refractivity contribution in [2.45, 2.75) is 44.8 Å². The molecule has 1 atom stereocenters. The van der Waals surface area contributed by atoms with Gasteiger partial charge in [-0.3, -0.25) is 9.59 Å². The predicted molar refractivity (Wildman–Crippen MR) is 62.4 cm³/mol. The minimum Gasteiger partial charge on any atom is -0.378 e. The van der Waals surface area contributed by atoms with Gasteiger partial charge in [-0.15, -0.1) is 0 Å². The summed E-state index contributed by atoms with van der Waals surface area (Å²) in [6.45, 7) is 5.45. The van der Waals surface area contributed by atoms with Crippen molar-refractivity contribution in [2.75, 3.05) is 19.7 Å². The summed E-state index contributed by atoms with van der Waals surface area (Å²) in [6.07, 6.45) is 2.42. The summed E-state index contributed by atoms with van der Waals surface area (Å²) in [5.74, 6) is -0.0545. The molecule has 2 saturated heterocycles. The van der Waals surface area contributed by atoms with Gasteiger partial charge in [-0.05, 0) is 26.7 Å². The standard InChI is InChI=1S/C12H20N2O3/c1-12(2)11(16)13-5-6-14(12)10(15)8-9-4-3-7-17-9/h9H,3-8H2,1-2H3,(H,13,16). The second kappa shape index (κ2) is 4.64. The van der Waals surface area contributed by atoms with Gasteiger partial charge in [0.2, 0.25) is 11.8 Å². The van der Waals surface area contributed by atoms with Gasteiger partial charge in [0.05, 0.1) is 12.5 Å². The second-order valence-electron chi connectivity index (χ2n) is 5.20. The fourth-order valence-electron chi connectivity index (χ4n) is 2.45. The van der Waals surface area contributed by atoms with Gasteiger partial charge in [0.25, 0.3) is 0 Å². The number of carbonyl (C=O) groups is 2. The van der Waals surface area contributed by atoms with Crippen LogP contribution in [-0.2, 0) is 14.3 Å². The van der Waals surface area contributed by atoms with Crippen molar-refractivity contribution >= 4 is 11.8 Å². The summed E-state index contributed by atoms with van der Waals surface area (Å²) < 4.78 is 5.46. The van der Waals surface area contributed by atoms with Crippen LogP contribution in [0.5, 0.6) is 0 Å². The Balaban J connectivity index is 1.99. The number of rotatable bonds is 2. The Hall–Kier alpha value is -1.10. The first-order valence-electron chi connectivity index (χ1n) is 6.22. The lowest BCUT2D eigenvalue weighted by Crippen LogP contribution is -2.63. The predicted octanol–water partition coefficient (Wildman–Crippen LogP) is 0.293. The number of hydrogen-bond donors (Lipinski definition) is 1. The molecule has 0 aromatic heterocycles. The van der Waals surface area contributed by atoms with E-state index in [9.17, 15) is 9.59 Å². The smallest absolute Gasteiger partial charge is 0.245 e. The molecule has 2 heterocycles. The lowest BCUT2D eigenvalue weighted by molar-refractivity contribution is -0.150. The molecule has 96 valence electrons. The molecule has 17 heavy (non-hydrogen) atoms. The van der Waals surface area contributed by atoms with Gasteiger partial charge < -0.3 is 15.0 Å². The monoisotopic (exact) mass is 240 g/mol. The Morgan fingerprint density at radius 2 is 2.35 bits per heavy atom. The molecule has 5 heteroatoms. The highest BCUT2D eigenvalue weighted by atomic mass is 16.5. The first-order chi connectivity index (χ1) is 8.01. The van der Waals surface area contributed by atoms with Crippen molar-refractivity contribution in [1.29, 1.82) is 0 Å². The summed E-state index contributed by atoms with van der Waals surface area (Å²) >= 11 is 0. The van der Waals surface area contributed by atoms with Crippen LogP contribution in [0, 0.1) is 0 Å². The van der Waals surface area contributed by atoms with Crippen molar-refractivity contribution in [3.63, 3.8) is 0 Å². The van der Waals surface area contributed by atoms with E-state index in [2.05, 4.69) is 5.32 Å². The second-order valence-corrected chi connectivity index (χ2v) is 5.20. The highest BCUT2D eigenvalue weighted by Gasteiger charge is 2.40. The maximum atomic E-state index is 12.2. The molecular formula is C12H20N2O3. The van der Waals surface area contributed by atoms with E-state index >= 15 is 0 Å². The van der Waals surface area contributed by atoms with Gasteiger partial charge in [-0.1, -0.05) is 0 Å². The number of carbonyl (C=O) groups excluding carboxylic acids is 2. The van der Waals surface area contributed by atoms with Gasteiger partial charge in [0, 0.05) is 19.7 Å². The van der Waals surface area contributed by atoms with E-state index in [0.717, 1.165) is 19.4 Å². The van der Waals surface area contributed by atoms with E-state index < -0.39 is 5.54 Å². The van der Waals surface area contributed by atoms with E-state index in [1.54, 1.807) is 18.7 Å². The molecule has 0 spiro atoms. The molecule has 2 fully saturated rings. The van der Waals surface area contributed by atoms with Crippen LogP contribution < -0.4 is 5.32 Å². The van der Waals surface area contributed by atoms with E-state index in [1.807, 2.05) is 0 Å². The molecule has 0 saturated carbocycles. The van der Waals surface area contributed by atoms with Crippen LogP contribution in [0.1, 0.15) is 33.1 Å². The summed E-state index contributed by atoms with van der Waals surface area (Å²) in [5.41, 5.74) is -0.742. The molecule has 0 aliphatic carbocycles. The van der Waals surface area contributed by atoms with Crippen LogP contribution in [0.3, 0.4) is 0 Å². The zero-order valence-electron chi connectivity index (χ0n) is 10.5. The molecule has 0 radical (unpaired) electrons. The summed E-state index contributed by atoms with van der Waals surface area (Å²) in [4.78, 5) is 25.6. The number of ether oxygens (including phenoxy) is 1. The third-order valence-corrected chi connectivity index (χ3v) is 3.58. The van der Waals surface area contributed by atoms with E-state index in [-0.39, 0.29) is 17.9 Å². The Bertz CT molecular complexity index is 322. The average Bonchev–Trinajstić information content (AvgIpc) is 2.74. The van der Waals surface area contributed by atoms with Crippen LogP contribution in [0.15, 0.2) is 0 Å². The van der Waals surface area contributed by atoms with Crippen molar-refractivity contribution in [2.24, 2.45) is 0 Å². The highest BCUT2D eigenvalue weighted by molar-refractivity contribution is 5.91. The number of piperazine rings is 1. The average molecular weight is 240 g/mol. The molecule has 2 aliphatic heterocycles. The van der Waals surface area contributed by atoms with Gasteiger partial charge in [-0.2, -0.15) is 0 Å². The third-order valence-electron chi connectivity index (χ3n) is 3.58. The molecule has 2 aliphatic rings. The number of hydrogen-bond acceptors (Lipinski definition) is 3. The minimum absolute atomic E-state index is 0.0248. The molecule has 5 nitrogen and oxygen atoms in total. The normalized spacial score (nSPS) is 28.0. The molecule has 1 unspecified atom stereocenters. The van der Waals surface area contributed by atoms with Gasteiger partial charge >= 0.3 is 0 Å². The molecular weight excluding hydrogens is 220 g/mol. The van der Waals surface area contributed by atoms with E-state index in [0.29, 0.717) is 19.5 Å². The highest BCUT2D eigenvalue weighted by Crippen LogP contribution is 2.22. The molecule has 2 amide bonds. The molecule has 0 bridgehead atoms. The first-order valence-corrected chi connectivity index (χ1v) is 6.22. The third kappa shape index (κ3) is 2.44. The summed E-state index contributed by atoms with van der Waals surface area (Å²) in [6, 6.07) is 0. The molecule has 0 aromatic rings. The molecule has 1 N–H and O–H groups in total. The Morgan fingerprint density at radius 3 is 3.00 bits per heavy atom. The zero-order valence-corrected chi connectivity index (χ0v) is 10.5. The number of nitrogens with zero attached hydrogens (tertiary/aromatic N) is 1. The lowest BCUT2D eigenvalue weighted by atomic mass is 9.97. The number of amides is 2. The van der Waals surface area contributed by atoms with Gasteiger partial charge in [0.1, 0.15) is 5.54 Å². The van der Waals surface area contributed by atoms with Crippen LogP contribution in [-0.4, -0.2) is 48.1 Å². The fraction of sp³-hybridized carbons (Fsp3) is 0.833. The van der Waals surface area contributed by atoms with E-state index in [4.69, 9.17) is 4.74 Å². The van der Waals surface area contributed by atoms with Crippen molar-refractivity contribution in [1.82, 2.24) is 10.2 Å². The minimum atomic E-state index is -0.742. The van der Waals surface area contributed by atoms with Gasteiger partial charge in [-0.25, -0.2) is 0 Å². The topological polar surface area (TPSA) is 58.6 Å². The zero-order chi connectivity index (χ0) is 12.5. The Morgan fingerprint density at radius 1 is 1.59 bits per heavy atom. The van der Waals surface area contributed by atoms with Gasteiger partial charge in [0.15, 0.2) is 0 Å². The maximum absolute atomic E-state index is 12.2. The lowest BCUT2D eigenvalue weighted by Gasteiger charge is -2.41. The quantitative estimate of drug-likeness (QED) is 0.755. The van der Waals surface area contributed by atoms with Crippen molar-refractivity contribution in [3.8, 4) is 0 Å². The van der Waals surface area contributed by atoms with Crippen molar-refractivity contribution < 1.29 is 14.3 Å². The van der Waals surface area contributed by atoms with Crippen LogP contribution >= 0.6 is 0 Å². The van der Waals surface area contributed by atoms with Crippen LogP contribution in [0.25, 0.3) is 0 Å².